The van der Waals surface area contributed by atoms with Crippen LogP contribution < -0.4 is 14.2 Å². The third kappa shape index (κ3) is 3.15. The molecule has 2 heterocycles. The Kier molecular flexibility index (Phi) is 4.59. The molecule has 0 radical (unpaired) electrons. The second-order valence-corrected chi connectivity index (χ2v) is 7.17. The summed E-state index contributed by atoms with van der Waals surface area (Å²) in [5, 5.41) is 0. The van der Waals surface area contributed by atoms with Crippen molar-refractivity contribution < 1.29 is 22.6 Å². The number of aromatic nitrogens is 1. The van der Waals surface area contributed by atoms with Gasteiger partial charge in [-0.25, -0.2) is 8.42 Å². The molecule has 1 saturated heterocycles. The van der Waals surface area contributed by atoms with Gasteiger partial charge in [0.2, 0.25) is 10.0 Å². The summed E-state index contributed by atoms with van der Waals surface area (Å²) in [6.45, 7) is 0.551. The monoisotopic (exact) mass is 350 g/mol. The first-order chi connectivity index (χ1) is 11.5. The molecule has 1 aliphatic heterocycles. The van der Waals surface area contributed by atoms with Crippen LogP contribution in [0.5, 0.6) is 17.2 Å². The third-order valence-corrected chi connectivity index (χ3v) is 5.59. The Labute approximate surface area is 140 Å². The quantitative estimate of drug-likeness (QED) is 0.787. The molecule has 0 aliphatic carbocycles. The van der Waals surface area contributed by atoms with Gasteiger partial charge in [-0.1, -0.05) is 0 Å². The van der Waals surface area contributed by atoms with Crippen LogP contribution in [0.25, 0.3) is 0 Å². The lowest BCUT2D eigenvalue weighted by Crippen LogP contribution is -2.56. The van der Waals surface area contributed by atoms with Crippen molar-refractivity contribution in [1.82, 2.24) is 9.29 Å². The highest BCUT2D eigenvalue weighted by molar-refractivity contribution is 7.89. The number of nitrogens with zero attached hydrogens (tertiary/aromatic N) is 2. The van der Waals surface area contributed by atoms with Gasteiger partial charge in [-0.05, 0) is 24.3 Å². The van der Waals surface area contributed by atoms with E-state index in [1.54, 1.807) is 36.7 Å². The van der Waals surface area contributed by atoms with Crippen molar-refractivity contribution in [2.45, 2.75) is 11.0 Å². The molecule has 1 aromatic carbocycles. The van der Waals surface area contributed by atoms with E-state index in [-0.39, 0.29) is 29.8 Å². The van der Waals surface area contributed by atoms with E-state index in [1.807, 2.05) is 0 Å². The molecule has 2 aromatic rings. The van der Waals surface area contributed by atoms with E-state index in [2.05, 4.69) is 4.98 Å². The van der Waals surface area contributed by atoms with Crippen molar-refractivity contribution in [2.75, 3.05) is 27.3 Å². The molecule has 1 aromatic heterocycles. The molecule has 0 saturated carbocycles. The molecule has 3 rings (SSSR count). The summed E-state index contributed by atoms with van der Waals surface area (Å²) in [5.41, 5.74) is 0. The molecule has 1 aliphatic rings. The predicted molar refractivity (Wildman–Crippen MR) is 87.0 cm³/mol. The molecule has 0 spiro atoms. The van der Waals surface area contributed by atoms with E-state index in [1.165, 1.54) is 24.6 Å². The molecule has 128 valence electrons. The fourth-order valence-corrected chi connectivity index (χ4v) is 4.08. The van der Waals surface area contributed by atoms with Crippen molar-refractivity contribution in [3.8, 4) is 17.2 Å². The lowest BCUT2D eigenvalue weighted by Gasteiger charge is -2.37. The minimum atomic E-state index is -3.67. The smallest absolute Gasteiger partial charge is 0.247 e. The standard InChI is InChI=1S/C16H18N2O5S/c1-21-12-5-6-15(22-2)16(8-12)24(19,20)18-10-14(11-18)23-13-4-3-7-17-9-13/h3-9,14H,10-11H2,1-2H3. The zero-order valence-corrected chi connectivity index (χ0v) is 14.2. The van der Waals surface area contributed by atoms with Crippen LogP contribution in [0.3, 0.4) is 0 Å². The van der Waals surface area contributed by atoms with Crippen LogP contribution in [-0.2, 0) is 10.0 Å². The van der Waals surface area contributed by atoms with Crippen LogP contribution in [-0.4, -0.2) is 51.1 Å². The summed E-state index contributed by atoms with van der Waals surface area (Å²) in [5.74, 6) is 1.36. The fourth-order valence-electron chi connectivity index (χ4n) is 2.41. The van der Waals surface area contributed by atoms with Crippen LogP contribution >= 0.6 is 0 Å². The highest BCUT2D eigenvalue weighted by Crippen LogP contribution is 2.33. The average molecular weight is 350 g/mol. The Bertz CT molecular complexity index is 804. The van der Waals surface area contributed by atoms with Gasteiger partial charge in [0, 0.05) is 12.3 Å². The molecule has 0 bridgehead atoms. The van der Waals surface area contributed by atoms with Crippen LogP contribution in [0.4, 0.5) is 0 Å². The number of hydrogen-bond acceptors (Lipinski definition) is 6. The zero-order valence-electron chi connectivity index (χ0n) is 13.4. The Morgan fingerprint density at radius 2 is 1.92 bits per heavy atom. The van der Waals surface area contributed by atoms with Crippen molar-refractivity contribution in [2.24, 2.45) is 0 Å². The lowest BCUT2D eigenvalue weighted by molar-refractivity contribution is 0.0757. The summed E-state index contributed by atoms with van der Waals surface area (Å²) in [6, 6.07) is 8.25. The van der Waals surface area contributed by atoms with Crippen molar-refractivity contribution >= 4 is 10.0 Å². The fraction of sp³-hybridized carbons (Fsp3) is 0.312. The molecule has 1 fully saturated rings. The highest BCUT2D eigenvalue weighted by atomic mass is 32.2. The molecule has 8 heteroatoms. The lowest BCUT2D eigenvalue weighted by atomic mass is 10.2. The van der Waals surface area contributed by atoms with Gasteiger partial charge in [-0.2, -0.15) is 4.31 Å². The molecule has 0 unspecified atom stereocenters. The topological polar surface area (TPSA) is 78.0 Å². The van der Waals surface area contributed by atoms with E-state index in [0.29, 0.717) is 11.5 Å². The normalized spacial score (nSPS) is 15.6. The van der Waals surface area contributed by atoms with Gasteiger partial charge in [0.25, 0.3) is 0 Å². The van der Waals surface area contributed by atoms with Crippen molar-refractivity contribution in [3.05, 3.63) is 42.7 Å². The molecule has 0 N–H and O–H groups in total. The Morgan fingerprint density at radius 1 is 1.12 bits per heavy atom. The molecular formula is C16H18N2O5S. The largest absolute Gasteiger partial charge is 0.497 e. The predicted octanol–water partition coefficient (Wildman–Crippen LogP) is 1.55. The van der Waals surface area contributed by atoms with Gasteiger partial charge in [0.1, 0.15) is 28.2 Å². The van der Waals surface area contributed by atoms with Gasteiger partial charge < -0.3 is 14.2 Å². The Morgan fingerprint density at radius 3 is 2.54 bits per heavy atom. The first kappa shape index (κ1) is 16.5. The van der Waals surface area contributed by atoms with E-state index in [4.69, 9.17) is 14.2 Å². The molecule has 7 nitrogen and oxygen atoms in total. The van der Waals surface area contributed by atoms with E-state index < -0.39 is 10.0 Å². The van der Waals surface area contributed by atoms with Crippen molar-refractivity contribution in [3.63, 3.8) is 0 Å². The summed E-state index contributed by atoms with van der Waals surface area (Å²) in [6.07, 6.45) is 3.06. The van der Waals surface area contributed by atoms with Gasteiger partial charge in [-0.3, -0.25) is 4.98 Å². The summed E-state index contributed by atoms with van der Waals surface area (Å²) in [7, 11) is -0.749. The van der Waals surface area contributed by atoms with Crippen LogP contribution in [0.15, 0.2) is 47.6 Å². The summed E-state index contributed by atoms with van der Waals surface area (Å²) >= 11 is 0. The van der Waals surface area contributed by atoms with E-state index in [9.17, 15) is 8.42 Å². The zero-order chi connectivity index (χ0) is 17.2. The third-order valence-electron chi connectivity index (χ3n) is 3.74. The van der Waals surface area contributed by atoms with Gasteiger partial charge in [0.05, 0.1) is 33.5 Å². The van der Waals surface area contributed by atoms with Gasteiger partial charge in [-0.15, -0.1) is 0 Å². The number of methoxy groups -OCH3 is 2. The molecule has 0 amide bonds. The first-order valence-electron chi connectivity index (χ1n) is 7.33. The van der Waals surface area contributed by atoms with Gasteiger partial charge >= 0.3 is 0 Å². The minimum absolute atomic E-state index is 0.0872. The summed E-state index contributed by atoms with van der Waals surface area (Å²) in [4.78, 5) is 4.05. The van der Waals surface area contributed by atoms with Gasteiger partial charge in [0.15, 0.2) is 0 Å². The Balaban J connectivity index is 1.74. The minimum Gasteiger partial charge on any atom is -0.497 e. The van der Waals surface area contributed by atoms with Crippen LogP contribution in [0.2, 0.25) is 0 Å². The number of rotatable bonds is 6. The SMILES string of the molecule is COc1ccc(OC)c(S(=O)(=O)N2CC(Oc3cccnc3)C2)c1. The van der Waals surface area contributed by atoms with Crippen LogP contribution in [0.1, 0.15) is 0 Å². The second kappa shape index (κ2) is 6.66. The number of ether oxygens (including phenoxy) is 3. The molecular weight excluding hydrogens is 332 g/mol. The average Bonchev–Trinajstić information content (AvgIpc) is 2.57. The second-order valence-electron chi connectivity index (χ2n) is 5.27. The van der Waals surface area contributed by atoms with Crippen molar-refractivity contribution in [1.29, 1.82) is 0 Å². The number of benzene rings is 1. The molecule has 24 heavy (non-hydrogen) atoms. The maximum atomic E-state index is 12.8. The van der Waals surface area contributed by atoms with E-state index >= 15 is 0 Å². The number of hydrogen-bond donors (Lipinski definition) is 0. The number of sulfonamides is 1. The maximum absolute atomic E-state index is 12.8. The summed E-state index contributed by atoms with van der Waals surface area (Å²) < 4.78 is 42.9. The number of pyridine rings is 1. The molecule has 0 atom stereocenters. The first-order valence-corrected chi connectivity index (χ1v) is 8.77. The van der Waals surface area contributed by atoms with Crippen LogP contribution in [0, 0.1) is 0 Å². The maximum Gasteiger partial charge on any atom is 0.247 e. The highest BCUT2D eigenvalue weighted by Gasteiger charge is 2.39. The van der Waals surface area contributed by atoms with E-state index in [0.717, 1.165) is 0 Å². The Hall–Kier alpha value is -2.32.